The lowest BCUT2D eigenvalue weighted by atomic mass is 10.2. The van der Waals surface area contributed by atoms with Gasteiger partial charge in [0.1, 0.15) is 11.4 Å². The first-order valence-electron chi connectivity index (χ1n) is 9.16. The first-order valence-corrected chi connectivity index (χ1v) is 9.16. The average molecular weight is 367 g/mol. The van der Waals surface area contributed by atoms with Crippen molar-refractivity contribution in [2.45, 2.75) is 71.6 Å². The van der Waals surface area contributed by atoms with E-state index in [2.05, 4.69) is 15.7 Å². The third-order valence-corrected chi connectivity index (χ3v) is 3.92. The Kier molecular flexibility index (Phi) is 6.82. The predicted molar refractivity (Wildman–Crippen MR) is 95.9 cm³/mol. The Balaban J connectivity index is 1.61. The Bertz CT molecular complexity index is 686. The van der Waals surface area contributed by atoms with Crippen molar-refractivity contribution in [1.29, 1.82) is 0 Å². The third kappa shape index (κ3) is 6.20. The number of rotatable bonds is 7. The van der Waals surface area contributed by atoms with Gasteiger partial charge in [-0.05, 0) is 40.0 Å². The molecule has 146 valence electrons. The molecule has 9 heteroatoms. The van der Waals surface area contributed by atoms with Crippen molar-refractivity contribution >= 4 is 12.0 Å². The van der Waals surface area contributed by atoms with Gasteiger partial charge in [0, 0.05) is 39.0 Å². The highest BCUT2D eigenvalue weighted by Crippen LogP contribution is 2.09. The van der Waals surface area contributed by atoms with Crippen LogP contribution in [0.5, 0.6) is 0 Å². The molecule has 0 fully saturated rings. The van der Waals surface area contributed by atoms with Crippen LogP contribution in [0.2, 0.25) is 0 Å². The summed E-state index contributed by atoms with van der Waals surface area (Å²) in [7, 11) is 0. The third-order valence-electron chi connectivity index (χ3n) is 3.92. The maximum Gasteiger partial charge on any atom is 0.407 e. The highest BCUT2D eigenvalue weighted by Gasteiger charge is 2.17. The first kappa shape index (κ1) is 20.0. The molecule has 0 aromatic carbocycles. The normalized spacial score (nSPS) is 13.8. The van der Waals surface area contributed by atoms with Crippen LogP contribution in [-0.2, 0) is 29.0 Å². The summed E-state index contributed by atoms with van der Waals surface area (Å²) in [5.74, 6) is 0.705. The highest BCUT2D eigenvalue weighted by atomic mass is 16.6. The van der Waals surface area contributed by atoms with Gasteiger partial charge in [-0.3, -0.25) is 9.36 Å². The molecule has 0 bridgehead atoms. The summed E-state index contributed by atoms with van der Waals surface area (Å²) < 4.78 is 8.31. The van der Waals surface area contributed by atoms with Crippen molar-refractivity contribution in [1.82, 2.24) is 25.0 Å². The van der Waals surface area contributed by atoms with Crippen LogP contribution in [-0.4, -0.2) is 45.0 Å². The standard InChI is InChI=1S/C17H29N5O4/c1-17(2,3)26-15(24)19-10-8-14(23)18-9-6-12-22-16(25)21-11-5-4-7-13(21)20-22/h4-12H2,1-3H3,(H,18,23)(H,19,24). The largest absolute Gasteiger partial charge is 0.444 e. The highest BCUT2D eigenvalue weighted by molar-refractivity contribution is 5.76. The molecule has 2 heterocycles. The number of carbonyl (C=O) groups is 2. The number of hydrogen-bond acceptors (Lipinski definition) is 5. The number of carbonyl (C=O) groups excluding carboxylic acids is 2. The molecule has 0 spiro atoms. The van der Waals surface area contributed by atoms with E-state index in [9.17, 15) is 14.4 Å². The molecular weight excluding hydrogens is 338 g/mol. The fourth-order valence-electron chi connectivity index (χ4n) is 2.73. The molecule has 2 N–H and O–H groups in total. The quantitative estimate of drug-likeness (QED) is 0.693. The van der Waals surface area contributed by atoms with E-state index in [1.54, 1.807) is 25.3 Å². The molecule has 1 aromatic rings. The number of nitrogens with zero attached hydrogens (tertiary/aromatic N) is 3. The van der Waals surface area contributed by atoms with E-state index in [0.29, 0.717) is 19.5 Å². The summed E-state index contributed by atoms with van der Waals surface area (Å²) in [6.07, 6.45) is 3.22. The van der Waals surface area contributed by atoms with Crippen LogP contribution in [0.25, 0.3) is 0 Å². The molecule has 0 aliphatic carbocycles. The van der Waals surface area contributed by atoms with E-state index in [4.69, 9.17) is 4.74 Å². The average Bonchev–Trinajstić information content (AvgIpc) is 2.86. The van der Waals surface area contributed by atoms with Crippen molar-refractivity contribution in [3.63, 3.8) is 0 Å². The fraction of sp³-hybridized carbons (Fsp3) is 0.765. The molecule has 0 saturated heterocycles. The maximum atomic E-state index is 12.2. The number of aryl methyl sites for hydroxylation is 2. The molecule has 2 rings (SSSR count). The van der Waals surface area contributed by atoms with E-state index < -0.39 is 11.7 Å². The minimum absolute atomic E-state index is 0.0624. The summed E-state index contributed by atoms with van der Waals surface area (Å²) in [4.78, 5) is 35.4. The van der Waals surface area contributed by atoms with Gasteiger partial charge in [-0.1, -0.05) is 0 Å². The molecule has 0 saturated carbocycles. The molecule has 1 aromatic heterocycles. The molecule has 0 unspecified atom stereocenters. The van der Waals surface area contributed by atoms with Crippen LogP contribution in [0.3, 0.4) is 0 Å². The van der Waals surface area contributed by atoms with Crippen molar-refractivity contribution in [2.75, 3.05) is 13.1 Å². The number of hydrogen-bond donors (Lipinski definition) is 2. The van der Waals surface area contributed by atoms with Gasteiger partial charge in [0.05, 0.1) is 0 Å². The second-order valence-corrected chi connectivity index (χ2v) is 7.41. The molecule has 1 aliphatic rings. The van der Waals surface area contributed by atoms with E-state index in [0.717, 1.165) is 31.6 Å². The maximum absolute atomic E-state index is 12.2. The lowest BCUT2D eigenvalue weighted by molar-refractivity contribution is -0.120. The molecule has 1 aliphatic heterocycles. The van der Waals surface area contributed by atoms with Crippen LogP contribution in [0.15, 0.2) is 4.79 Å². The zero-order valence-corrected chi connectivity index (χ0v) is 15.8. The van der Waals surface area contributed by atoms with Crippen LogP contribution in [0.4, 0.5) is 4.79 Å². The lowest BCUT2D eigenvalue weighted by Crippen LogP contribution is -2.35. The van der Waals surface area contributed by atoms with Crippen molar-refractivity contribution < 1.29 is 14.3 Å². The zero-order chi connectivity index (χ0) is 19.2. The Morgan fingerprint density at radius 1 is 1.19 bits per heavy atom. The Labute approximate surface area is 153 Å². The summed E-state index contributed by atoms with van der Waals surface area (Å²) in [5, 5.41) is 9.67. The number of amides is 2. The number of aromatic nitrogens is 3. The van der Waals surface area contributed by atoms with Gasteiger partial charge < -0.3 is 15.4 Å². The summed E-state index contributed by atoms with van der Waals surface area (Å²) in [6, 6.07) is 0. The van der Waals surface area contributed by atoms with Gasteiger partial charge in [-0.25, -0.2) is 14.3 Å². The summed E-state index contributed by atoms with van der Waals surface area (Å²) in [5.41, 5.74) is -0.621. The first-order chi connectivity index (χ1) is 12.3. The Morgan fingerprint density at radius 3 is 2.65 bits per heavy atom. The van der Waals surface area contributed by atoms with Gasteiger partial charge in [-0.15, -0.1) is 0 Å². The van der Waals surface area contributed by atoms with Gasteiger partial charge in [0.25, 0.3) is 0 Å². The van der Waals surface area contributed by atoms with E-state index in [-0.39, 0.29) is 24.6 Å². The van der Waals surface area contributed by atoms with Crippen LogP contribution >= 0.6 is 0 Å². The minimum atomic E-state index is -0.559. The van der Waals surface area contributed by atoms with Crippen LogP contribution in [0.1, 0.15) is 52.3 Å². The monoisotopic (exact) mass is 367 g/mol. The van der Waals surface area contributed by atoms with E-state index in [1.807, 2.05) is 0 Å². The molecule has 0 atom stereocenters. The van der Waals surface area contributed by atoms with E-state index >= 15 is 0 Å². The lowest BCUT2D eigenvalue weighted by Gasteiger charge is -2.19. The minimum Gasteiger partial charge on any atom is -0.444 e. The predicted octanol–water partition coefficient (Wildman–Crippen LogP) is 0.802. The second-order valence-electron chi connectivity index (χ2n) is 7.41. The Hall–Kier alpha value is -2.32. The number of ether oxygens (including phenoxy) is 1. The Morgan fingerprint density at radius 2 is 1.96 bits per heavy atom. The molecular formula is C17H29N5O4. The number of alkyl carbamates (subject to hydrolysis) is 1. The van der Waals surface area contributed by atoms with Gasteiger partial charge in [0.2, 0.25) is 5.91 Å². The fourth-order valence-corrected chi connectivity index (χ4v) is 2.73. The van der Waals surface area contributed by atoms with E-state index in [1.165, 1.54) is 4.68 Å². The van der Waals surface area contributed by atoms with Crippen LogP contribution < -0.4 is 16.3 Å². The zero-order valence-electron chi connectivity index (χ0n) is 15.8. The van der Waals surface area contributed by atoms with Crippen molar-refractivity contribution in [2.24, 2.45) is 0 Å². The van der Waals surface area contributed by atoms with Crippen molar-refractivity contribution in [3.8, 4) is 0 Å². The van der Waals surface area contributed by atoms with Gasteiger partial charge in [0.15, 0.2) is 0 Å². The second kappa shape index (κ2) is 8.86. The summed E-state index contributed by atoms with van der Waals surface area (Å²) >= 11 is 0. The van der Waals surface area contributed by atoms with Gasteiger partial charge >= 0.3 is 11.8 Å². The molecule has 0 radical (unpaired) electrons. The molecule has 9 nitrogen and oxygen atoms in total. The topological polar surface area (TPSA) is 107 Å². The van der Waals surface area contributed by atoms with Gasteiger partial charge in [-0.2, -0.15) is 5.10 Å². The van der Waals surface area contributed by atoms with Crippen molar-refractivity contribution in [3.05, 3.63) is 16.3 Å². The SMILES string of the molecule is CC(C)(C)OC(=O)NCCC(=O)NCCCn1nc2n(c1=O)CCCC2. The molecule has 2 amide bonds. The number of nitrogens with one attached hydrogen (secondary N) is 2. The summed E-state index contributed by atoms with van der Waals surface area (Å²) in [6.45, 7) is 7.24. The van der Waals surface area contributed by atoms with Crippen LogP contribution in [0, 0.1) is 0 Å². The number of fused-ring (bicyclic) bond motifs is 1. The smallest absolute Gasteiger partial charge is 0.407 e. The molecule has 26 heavy (non-hydrogen) atoms.